The fraction of sp³-hybridized carbons (Fsp3) is 0.833. The molecule has 0 spiro atoms. The number of hydrogen-bond donors (Lipinski definition) is 1. The monoisotopic (exact) mass is 300 g/mol. The van der Waals surface area contributed by atoms with Crippen molar-refractivity contribution in [1.82, 2.24) is 19.3 Å². The zero-order valence-corrected chi connectivity index (χ0v) is 12.2. The van der Waals surface area contributed by atoms with Crippen molar-refractivity contribution in [2.75, 3.05) is 18.8 Å². The first-order valence-corrected chi connectivity index (χ1v) is 8.62. The first-order valence-electron chi connectivity index (χ1n) is 7.01. The average molecular weight is 300 g/mol. The summed E-state index contributed by atoms with van der Waals surface area (Å²) in [5.41, 5.74) is -1.04. The number of aromatic nitrogens is 3. The number of nitrogens with zero attached hydrogens (tertiary/aromatic N) is 4. The van der Waals surface area contributed by atoms with E-state index in [0.717, 1.165) is 19.3 Å². The molecule has 1 unspecified atom stereocenters. The highest BCUT2D eigenvalue weighted by molar-refractivity contribution is 7.89. The van der Waals surface area contributed by atoms with E-state index >= 15 is 0 Å². The molecule has 3 rings (SSSR count). The van der Waals surface area contributed by atoms with Gasteiger partial charge < -0.3 is 5.11 Å². The molecule has 1 aliphatic heterocycles. The van der Waals surface area contributed by atoms with Crippen LogP contribution >= 0.6 is 0 Å². The molecule has 7 nitrogen and oxygen atoms in total. The first-order chi connectivity index (χ1) is 9.47. The van der Waals surface area contributed by atoms with Gasteiger partial charge in [0.05, 0.1) is 24.1 Å². The minimum Gasteiger partial charge on any atom is -0.387 e. The van der Waals surface area contributed by atoms with Crippen molar-refractivity contribution in [3.05, 3.63) is 12.4 Å². The highest BCUT2D eigenvalue weighted by atomic mass is 32.2. The van der Waals surface area contributed by atoms with Gasteiger partial charge in [-0.1, -0.05) is 18.1 Å². The van der Waals surface area contributed by atoms with Crippen LogP contribution in [-0.4, -0.2) is 57.3 Å². The molecule has 2 heterocycles. The van der Waals surface area contributed by atoms with Gasteiger partial charge in [-0.3, -0.25) is 0 Å². The minimum atomic E-state index is -3.24. The molecule has 0 amide bonds. The zero-order chi connectivity index (χ0) is 14.2. The van der Waals surface area contributed by atoms with Crippen molar-refractivity contribution in [3.63, 3.8) is 0 Å². The third kappa shape index (κ3) is 3.18. The Hall–Kier alpha value is -0.990. The van der Waals surface area contributed by atoms with Gasteiger partial charge in [0, 0.05) is 19.3 Å². The van der Waals surface area contributed by atoms with Crippen LogP contribution < -0.4 is 0 Å². The summed E-state index contributed by atoms with van der Waals surface area (Å²) in [6.07, 6.45) is 6.72. The standard InChI is InChI=1S/C12H20N4O3S/c17-12(9-15-7-5-13-14-15)4-6-16(10-12)20(18,19)8-3-11-1-2-11/h5,7,11,17H,1-4,6,8-10H2. The predicted octanol–water partition coefficient (Wildman–Crippen LogP) is -0.155. The van der Waals surface area contributed by atoms with Gasteiger partial charge in [0.25, 0.3) is 0 Å². The molecule has 0 radical (unpaired) electrons. The van der Waals surface area contributed by atoms with E-state index in [2.05, 4.69) is 10.3 Å². The summed E-state index contributed by atoms with van der Waals surface area (Å²) in [6, 6.07) is 0. The lowest BCUT2D eigenvalue weighted by Crippen LogP contribution is -2.40. The zero-order valence-electron chi connectivity index (χ0n) is 11.3. The normalized spacial score (nSPS) is 28.1. The van der Waals surface area contributed by atoms with Crippen LogP contribution in [0.2, 0.25) is 0 Å². The van der Waals surface area contributed by atoms with Gasteiger partial charge in [0.1, 0.15) is 0 Å². The Bertz CT molecular complexity index is 555. The van der Waals surface area contributed by atoms with Crippen LogP contribution in [0.5, 0.6) is 0 Å². The second kappa shape index (κ2) is 5.09. The third-order valence-electron chi connectivity index (χ3n) is 4.10. The molecule has 2 fully saturated rings. The topological polar surface area (TPSA) is 88.3 Å². The van der Waals surface area contributed by atoms with E-state index in [-0.39, 0.29) is 18.8 Å². The molecule has 1 N–H and O–H groups in total. The predicted molar refractivity (Wildman–Crippen MR) is 72.3 cm³/mol. The van der Waals surface area contributed by atoms with Gasteiger partial charge in [0.15, 0.2) is 0 Å². The molecule has 2 aliphatic rings. The van der Waals surface area contributed by atoms with Crippen molar-refractivity contribution < 1.29 is 13.5 Å². The quantitative estimate of drug-likeness (QED) is 0.789. The molecule has 0 aromatic carbocycles. The van der Waals surface area contributed by atoms with Crippen LogP contribution in [0.3, 0.4) is 0 Å². The number of hydrogen-bond acceptors (Lipinski definition) is 5. The molecule has 1 aliphatic carbocycles. The summed E-state index contributed by atoms with van der Waals surface area (Å²) in [5.74, 6) is 0.804. The van der Waals surface area contributed by atoms with Crippen molar-refractivity contribution in [2.45, 2.75) is 37.8 Å². The molecular weight excluding hydrogens is 280 g/mol. The van der Waals surface area contributed by atoms with Crippen molar-refractivity contribution in [1.29, 1.82) is 0 Å². The van der Waals surface area contributed by atoms with E-state index in [1.807, 2.05) is 0 Å². The van der Waals surface area contributed by atoms with E-state index < -0.39 is 15.6 Å². The first kappa shape index (κ1) is 14.0. The van der Waals surface area contributed by atoms with E-state index in [1.54, 1.807) is 17.1 Å². The summed E-state index contributed by atoms with van der Waals surface area (Å²) >= 11 is 0. The largest absolute Gasteiger partial charge is 0.387 e. The third-order valence-corrected chi connectivity index (χ3v) is 5.95. The van der Waals surface area contributed by atoms with Gasteiger partial charge in [-0.05, 0) is 18.8 Å². The fourth-order valence-electron chi connectivity index (χ4n) is 2.66. The Kier molecular flexibility index (Phi) is 3.55. The number of aliphatic hydroxyl groups is 1. The number of rotatable bonds is 6. The highest BCUT2D eigenvalue weighted by Gasteiger charge is 2.41. The number of β-amino-alcohol motifs (C(OH)–C–C–N with tert-alkyl or cyclic N) is 1. The molecule has 1 saturated carbocycles. The van der Waals surface area contributed by atoms with E-state index in [1.165, 1.54) is 4.31 Å². The Morgan fingerprint density at radius 3 is 2.85 bits per heavy atom. The van der Waals surface area contributed by atoms with Gasteiger partial charge in [-0.25, -0.2) is 13.1 Å². The summed E-state index contributed by atoms with van der Waals surface area (Å²) in [6.45, 7) is 0.819. The van der Waals surface area contributed by atoms with Gasteiger partial charge in [-0.15, -0.1) is 5.10 Å². The summed E-state index contributed by atoms with van der Waals surface area (Å²) in [5, 5.41) is 18.0. The molecule has 1 aromatic heterocycles. The molecule has 20 heavy (non-hydrogen) atoms. The molecule has 1 atom stereocenters. The van der Waals surface area contributed by atoms with E-state index in [0.29, 0.717) is 18.9 Å². The van der Waals surface area contributed by atoms with Crippen LogP contribution in [0.25, 0.3) is 0 Å². The van der Waals surface area contributed by atoms with Crippen LogP contribution in [0.4, 0.5) is 0 Å². The van der Waals surface area contributed by atoms with Crippen LogP contribution in [0, 0.1) is 5.92 Å². The smallest absolute Gasteiger partial charge is 0.214 e. The lowest BCUT2D eigenvalue weighted by molar-refractivity contribution is 0.0341. The lowest BCUT2D eigenvalue weighted by Gasteiger charge is -2.23. The Morgan fingerprint density at radius 1 is 1.40 bits per heavy atom. The summed E-state index contributed by atoms with van der Waals surface area (Å²) < 4.78 is 27.4. The maximum atomic E-state index is 12.2. The lowest BCUT2D eigenvalue weighted by atomic mass is 10.0. The molecular formula is C12H20N4O3S. The molecule has 112 valence electrons. The van der Waals surface area contributed by atoms with Crippen molar-refractivity contribution in [2.24, 2.45) is 5.92 Å². The van der Waals surface area contributed by atoms with Crippen LogP contribution in [0.15, 0.2) is 12.4 Å². The Morgan fingerprint density at radius 2 is 2.20 bits per heavy atom. The fourth-order valence-corrected chi connectivity index (χ4v) is 4.35. The molecule has 8 heteroatoms. The van der Waals surface area contributed by atoms with Gasteiger partial charge in [-0.2, -0.15) is 4.31 Å². The second-order valence-corrected chi connectivity index (χ2v) is 8.05. The van der Waals surface area contributed by atoms with Crippen LogP contribution in [-0.2, 0) is 16.6 Å². The highest BCUT2D eigenvalue weighted by Crippen LogP contribution is 2.33. The summed E-state index contributed by atoms with van der Waals surface area (Å²) in [4.78, 5) is 0. The Labute approximate surface area is 118 Å². The molecule has 1 saturated heterocycles. The van der Waals surface area contributed by atoms with Gasteiger partial charge in [0.2, 0.25) is 10.0 Å². The second-order valence-electron chi connectivity index (χ2n) is 5.96. The maximum absolute atomic E-state index is 12.2. The SMILES string of the molecule is O=S(=O)(CCC1CC1)N1CCC(O)(Cn2ccnn2)C1. The maximum Gasteiger partial charge on any atom is 0.214 e. The Balaban J connectivity index is 1.59. The molecule has 0 bridgehead atoms. The van der Waals surface area contributed by atoms with E-state index in [4.69, 9.17) is 0 Å². The van der Waals surface area contributed by atoms with E-state index in [9.17, 15) is 13.5 Å². The van der Waals surface area contributed by atoms with Crippen LogP contribution in [0.1, 0.15) is 25.7 Å². The molecule has 1 aromatic rings. The van der Waals surface area contributed by atoms with Crippen molar-refractivity contribution in [3.8, 4) is 0 Å². The van der Waals surface area contributed by atoms with Gasteiger partial charge >= 0.3 is 0 Å². The summed E-state index contributed by atoms with van der Waals surface area (Å²) in [7, 11) is -3.24. The number of sulfonamides is 1. The minimum absolute atomic E-state index is 0.153. The average Bonchev–Trinajstić information content (AvgIpc) is 2.94. The van der Waals surface area contributed by atoms with Crippen molar-refractivity contribution >= 4 is 10.0 Å².